The Morgan fingerprint density at radius 3 is 2.26 bits per heavy atom. The molecule has 174 valence electrons. The molecule has 0 aliphatic rings. The first-order valence-corrected chi connectivity index (χ1v) is 11.5. The number of carbonyl (C=O) groups excluding carboxylic acids is 1. The van der Waals surface area contributed by atoms with Crippen molar-refractivity contribution in [1.82, 2.24) is 24.7 Å². The lowest BCUT2D eigenvalue weighted by Crippen LogP contribution is -2.17. The van der Waals surface area contributed by atoms with Crippen LogP contribution in [0.15, 0.2) is 59.8 Å². The first kappa shape index (κ1) is 23.5. The summed E-state index contributed by atoms with van der Waals surface area (Å²) in [6.45, 7) is 2.02. The molecule has 2 heterocycles. The zero-order valence-electron chi connectivity index (χ0n) is 18.7. The van der Waals surface area contributed by atoms with E-state index >= 15 is 0 Å². The number of aryl methyl sites for hydroxylation is 1. The molecule has 2 aromatic heterocycles. The molecule has 0 bridgehead atoms. The number of ether oxygens (including phenoxy) is 2. The average molecular weight is 497 g/mol. The molecule has 0 radical (unpaired) electrons. The van der Waals surface area contributed by atoms with Gasteiger partial charge in [0.25, 0.3) is 0 Å². The Morgan fingerprint density at radius 2 is 1.65 bits per heavy atom. The van der Waals surface area contributed by atoms with E-state index in [1.807, 2.05) is 47.9 Å². The highest BCUT2D eigenvalue weighted by molar-refractivity contribution is 7.99. The van der Waals surface area contributed by atoms with E-state index in [1.165, 1.54) is 32.0 Å². The molecule has 34 heavy (non-hydrogen) atoms. The first-order valence-electron chi connectivity index (χ1n) is 10.1. The minimum atomic E-state index is -0.313. The van der Waals surface area contributed by atoms with Gasteiger partial charge in [0.05, 0.1) is 26.0 Å². The largest absolute Gasteiger partial charge is 0.481 e. The third-order valence-corrected chi connectivity index (χ3v) is 5.89. The second-order valence-corrected chi connectivity index (χ2v) is 8.48. The number of aromatic nitrogens is 5. The number of anilines is 1. The summed E-state index contributed by atoms with van der Waals surface area (Å²) in [6, 6.07) is 16.9. The van der Waals surface area contributed by atoms with Crippen molar-refractivity contribution in [1.29, 1.82) is 0 Å². The molecule has 11 heteroatoms. The van der Waals surface area contributed by atoms with Crippen molar-refractivity contribution in [2.75, 3.05) is 25.3 Å². The van der Waals surface area contributed by atoms with Crippen molar-refractivity contribution in [3.05, 3.63) is 65.2 Å². The lowest BCUT2D eigenvalue weighted by molar-refractivity contribution is -0.113. The molecule has 4 rings (SSSR count). The third-order valence-electron chi connectivity index (χ3n) is 4.71. The molecule has 1 amide bonds. The van der Waals surface area contributed by atoms with Crippen LogP contribution in [0.2, 0.25) is 5.02 Å². The fourth-order valence-electron chi connectivity index (χ4n) is 3.04. The second-order valence-electron chi connectivity index (χ2n) is 7.10. The molecule has 0 atom stereocenters. The van der Waals surface area contributed by atoms with E-state index in [-0.39, 0.29) is 29.4 Å². The van der Waals surface area contributed by atoms with Crippen LogP contribution in [0.25, 0.3) is 17.1 Å². The maximum atomic E-state index is 12.6. The van der Waals surface area contributed by atoms with Crippen LogP contribution in [0.4, 0.5) is 5.95 Å². The number of nitrogens with one attached hydrogen (secondary N) is 1. The lowest BCUT2D eigenvalue weighted by atomic mass is 10.2. The van der Waals surface area contributed by atoms with Crippen molar-refractivity contribution in [2.45, 2.75) is 12.1 Å². The van der Waals surface area contributed by atoms with Crippen molar-refractivity contribution in [2.24, 2.45) is 0 Å². The molecule has 0 aliphatic carbocycles. The summed E-state index contributed by atoms with van der Waals surface area (Å²) in [4.78, 5) is 20.9. The topological polar surface area (TPSA) is 104 Å². The lowest BCUT2D eigenvalue weighted by Gasteiger charge is -2.11. The Bertz CT molecular complexity index is 1270. The van der Waals surface area contributed by atoms with Gasteiger partial charge in [0, 0.05) is 16.3 Å². The SMILES string of the molecule is COc1cc(OC)nc(NC(=O)CSc2nnc(-c3ccc(Cl)cc3)n2-c2ccc(C)cc2)n1. The molecular weight excluding hydrogens is 476 g/mol. The second kappa shape index (κ2) is 10.5. The minimum Gasteiger partial charge on any atom is -0.481 e. The Hall–Kier alpha value is -3.63. The predicted molar refractivity (Wildman–Crippen MR) is 131 cm³/mol. The van der Waals surface area contributed by atoms with Gasteiger partial charge in [-0.2, -0.15) is 9.97 Å². The van der Waals surface area contributed by atoms with E-state index in [0.717, 1.165) is 16.8 Å². The Morgan fingerprint density at radius 1 is 1.00 bits per heavy atom. The van der Waals surface area contributed by atoms with E-state index in [0.29, 0.717) is 16.0 Å². The number of rotatable bonds is 8. The molecule has 0 fully saturated rings. The number of nitrogens with zero attached hydrogens (tertiary/aromatic N) is 5. The number of carbonyl (C=O) groups is 1. The molecule has 0 saturated heterocycles. The van der Waals surface area contributed by atoms with Gasteiger partial charge in [0.2, 0.25) is 23.6 Å². The zero-order chi connectivity index (χ0) is 24.1. The summed E-state index contributed by atoms with van der Waals surface area (Å²) in [7, 11) is 2.94. The number of hydrogen-bond donors (Lipinski definition) is 1. The van der Waals surface area contributed by atoms with Crippen molar-refractivity contribution in [3.63, 3.8) is 0 Å². The summed E-state index contributed by atoms with van der Waals surface area (Å²) < 4.78 is 12.1. The van der Waals surface area contributed by atoms with Gasteiger partial charge in [-0.05, 0) is 43.3 Å². The zero-order valence-corrected chi connectivity index (χ0v) is 20.2. The van der Waals surface area contributed by atoms with E-state index < -0.39 is 0 Å². The van der Waals surface area contributed by atoms with Gasteiger partial charge in [-0.1, -0.05) is 41.1 Å². The van der Waals surface area contributed by atoms with Crippen LogP contribution in [0.5, 0.6) is 11.8 Å². The summed E-state index contributed by atoms with van der Waals surface area (Å²) >= 11 is 7.30. The van der Waals surface area contributed by atoms with Crippen LogP contribution in [0, 0.1) is 6.92 Å². The van der Waals surface area contributed by atoms with Crippen molar-refractivity contribution in [3.8, 4) is 28.8 Å². The van der Waals surface area contributed by atoms with Crippen molar-refractivity contribution >= 4 is 35.2 Å². The maximum Gasteiger partial charge on any atom is 0.237 e. The number of halogens is 1. The van der Waals surface area contributed by atoms with Crippen LogP contribution >= 0.6 is 23.4 Å². The van der Waals surface area contributed by atoms with Gasteiger partial charge in [0.1, 0.15) is 0 Å². The Kier molecular flexibility index (Phi) is 7.29. The summed E-state index contributed by atoms with van der Waals surface area (Å²) in [5.74, 6) is 1.04. The molecule has 0 saturated carbocycles. The molecule has 0 spiro atoms. The van der Waals surface area contributed by atoms with Gasteiger partial charge < -0.3 is 9.47 Å². The Balaban J connectivity index is 1.58. The summed E-state index contributed by atoms with van der Waals surface area (Å²) in [5.41, 5.74) is 2.86. The number of benzene rings is 2. The highest BCUT2D eigenvalue weighted by Gasteiger charge is 2.18. The van der Waals surface area contributed by atoms with Gasteiger partial charge in [-0.15, -0.1) is 10.2 Å². The number of amides is 1. The van der Waals surface area contributed by atoms with Gasteiger partial charge in [-0.25, -0.2) is 0 Å². The Labute approximate surface area is 205 Å². The van der Waals surface area contributed by atoms with Crippen LogP contribution in [0.3, 0.4) is 0 Å². The molecule has 1 N–H and O–H groups in total. The van der Waals surface area contributed by atoms with E-state index in [2.05, 4.69) is 25.5 Å². The van der Waals surface area contributed by atoms with E-state index in [4.69, 9.17) is 21.1 Å². The number of hydrogen-bond acceptors (Lipinski definition) is 8. The average Bonchev–Trinajstić information content (AvgIpc) is 3.27. The van der Waals surface area contributed by atoms with Crippen LogP contribution < -0.4 is 14.8 Å². The molecular formula is C23H21ClN6O3S. The van der Waals surface area contributed by atoms with Gasteiger partial charge in [0.15, 0.2) is 11.0 Å². The fraction of sp³-hybridized carbons (Fsp3) is 0.174. The number of methoxy groups -OCH3 is 2. The normalized spacial score (nSPS) is 10.7. The van der Waals surface area contributed by atoms with Crippen LogP contribution in [-0.2, 0) is 4.79 Å². The van der Waals surface area contributed by atoms with Gasteiger partial charge >= 0.3 is 0 Å². The summed E-state index contributed by atoms with van der Waals surface area (Å²) in [6.07, 6.45) is 0. The predicted octanol–water partition coefficient (Wildman–Crippen LogP) is 4.43. The van der Waals surface area contributed by atoms with Crippen LogP contribution in [-0.4, -0.2) is 50.6 Å². The quantitative estimate of drug-likeness (QED) is 0.357. The molecule has 0 aliphatic heterocycles. The first-order chi connectivity index (χ1) is 16.5. The highest BCUT2D eigenvalue weighted by Crippen LogP contribution is 2.29. The van der Waals surface area contributed by atoms with Gasteiger partial charge in [-0.3, -0.25) is 14.7 Å². The fourth-order valence-corrected chi connectivity index (χ4v) is 3.91. The third kappa shape index (κ3) is 5.46. The molecule has 4 aromatic rings. The summed E-state index contributed by atoms with van der Waals surface area (Å²) in [5, 5.41) is 12.6. The minimum absolute atomic E-state index is 0.0630. The molecule has 0 unspecified atom stereocenters. The standard InChI is InChI=1S/C23H21ClN6O3S/c1-14-4-10-17(11-5-14)30-21(15-6-8-16(24)9-7-15)28-29-23(30)34-13-18(31)25-22-26-19(32-2)12-20(27-22)33-3/h4-12H,13H2,1-3H3,(H,25,26,27,31). The highest BCUT2D eigenvalue weighted by atomic mass is 35.5. The van der Waals surface area contributed by atoms with E-state index in [1.54, 1.807) is 12.1 Å². The van der Waals surface area contributed by atoms with Crippen LogP contribution in [0.1, 0.15) is 5.56 Å². The smallest absolute Gasteiger partial charge is 0.237 e. The molecule has 2 aromatic carbocycles. The molecule has 9 nitrogen and oxygen atoms in total. The number of thioether (sulfide) groups is 1. The van der Waals surface area contributed by atoms with Crippen molar-refractivity contribution < 1.29 is 14.3 Å². The monoisotopic (exact) mass is 496 g/mol. The van der Waals surface area contributed by atoms with E-state index in [9.17, 15) is 4.79 Å². The maximum absolute atomic E-state index is 12.6.